The SMILES string of the molecule is CN=C(NCCCc1cn(-c2ccccc2)nc1C)NCc1ccccc1OC(F)F. The van der Waals surface area contributed by atoms with Crippen molar-refractivity contribution in [3.63, 3.8) is 0 Å². The highest BCUT2D eigenvalue weighted by Gasteiger charge is 2.10. The molecule has 164 valence electrons. The topological polar surface area (TPSA) is 63.5 Å². The molecule has 0 saturated heterocycles. The Labute approximate surface area is 181 Å². The van der Waals surface area contributed by atoms with E-state index in [1.165, 1.54) is 11.6 Å². The third kappa shape index (κ3) is 6.53. The van der Waals surface area contributed by atoms with Crippen molar-refractivity contribution >= 4 is 5.96 Å². The van der Waals surface area contributed by atoms with Crippen molar-refractivity contribution < 1.29 is 13.5 Å². The Kier molecular flexibility index (Phi) is 7.98. The van der Waals surface area contributed by atoms with E-state index in [2.05, 4.69) is 31.7 Å². The molecule has 0 unspecified atom stereocenters. The van der Waals surface area contributed by atoms with Gasteiger partial charge in [-0.15, -0.1) is 0 Å². The number of guanidine groups is 1. The largest absolute Gasteiger partial charge is 0.434 e. The lowest BCUT2D eigenvalue weighted by Crippen LogP contribution is -2.37. The highest BCUT2D eigenvalue weighted by molar-refractivity contribution is 5.79. The highest BCUT2D eigenvalue weighted by atomic mass is 19.3. The first-order valence-corrected chi connectivity index (χ1v) is 10.1. The van der Waals surface area contributed by atoms with Crippen LogP contribution < -0.4 is 15.4 Å². The molecule has 6 nitrogen and oxygen atoms in total. The maximum absolute atomic E-state index is 12.6. The molecular formula is C23H27F2N5O. The molecule has 2 N–H and O–H groups in total. The van der Waals surface area contributed by atoms with Gasteiger partial charge in [0.25, 0.3) is 0 Å². The number of rotatable bonds is 9. The van der Waals surface area contributed by atoms with Gasteiger partial charge >= 0.3 is 6.61 Å². The molecule has 31 heavy (non-hydrogen) atoms. The minimum absolute atomic E-state index is 0.159. The summed E-state index contributed by atoms with van der Waals surface area (Å²) >= 11 is 0. The fraction of sp³-hybridized carbons (Fsp3) is 0.304. The average molecular weight is 427 g/mol. The number of aryl methyl sites for hydroxylation is 2. The second-order valence-corrected chi connectivity index (χ2v) is 6.96. The van der Waals surface area contributed by atoms with Crippen molar-refractivity contribution in [2.75, 3.05) is 13.6 Å². The highest BCUT2D eigenvalue weighted by Crippen LogP contribution is 2.20. The summed E-state index contributed by atoms with van der Waals surface area (Å²) in [5.74, 6) is 0.759. The third-order valence-electron chi connectivity index (χ3n) is 4.80. The van der Waals surface area contributed by atoms with Gasteiger partial charge in [-0.3, -0.25) is 4.99 Å². The molecule has 0 bridgehead atoms. The van der Waals surface area contributed by atoms with Gasteiger partial charge in [0.1, 0.15) is 5.75 Å². The number of ether oxygens (including phenoxy) is 1. The van der Waals surface area contributed by atoms with Gasteiger partial charge in [-0.1, -0.05) is 36.4 Å². The number of halogens is 2. The summed E-state index contributed by atoms with van der Waals surface area (Å²) in [5.41, 5.74) is 3.89. The first-order chi connectivity index (χ1) is 15.1. The van der Waals surface area contributed by atoms with Crippen LogP contribution in [0.1, 0.15) is 23.2 Å². The quantitative estimate of drug-likeness (QED) is 0.307. The Hall–Kier alpha value is -3.42. The third-order valence-corrected chi connectivity index (χ3v) is 4.80. The molecular weight excluding hydrogens is 400 g/mol. The second kappa shape index (κ2) is 11.1. The van der Waals surface area contributed by atoms with Crippen LogP contribution in [-0.2, 0) is 13.0 Å². The molecule has 0 aliphatic carbocycles. The van der Waals surface area contributed by atoms with Gasteiger partial charge in [0, 0.05) is 31.9 Å². The molecule has 0 fully saturated rings. The lowest BCUT2D eigenvalue weighted by molar-refractivity contribution is -0.0504. The Morgan fingerprint density at radius 1 is 1.06 bits per heavy atom. The molecule has 1 heterocycles. The van der Waals surface area contributed by atoms with Crippen molar-refractivity contribution in [1.29, 1.82) is 0 Å². The molecule has 0 amide bonds. The van der Waals surface area contributed by atoms with E-state index in [1.54, 1.807) is 25.2 Å². The summed E-state index contributed by atoms with van der Waals surface area (Å²) in [6, 6.07) is 16.7. The molecule has 0 radical (unpaired) electrons. The molecule has 0 aliphatic heterocycles. The summed E-state index contributed by atoms with van der Waals surface area (Å²) in [6.07, 6.45) is 3.85. The number of nitrogens with zero attached hydrogens (tertiary/aromatic N) is 3. The molecule has 8 heteroatoms. The number of aliphatic imine (C=N–C) groups is 1. The number of benzene rings is 2. The Morgan fingerprint density at radius 3 is 2.55 bits per heavy atom. The number of alkyl halides is 2. The van der Waals surface area contributed by atoms with Crippen LogP contribution >= 0.6 is 0 Å². The van der Waals surface area contributed by atoms with E-state index in [0.29, 0.717) is 24.6 Å². The fourth-order valence-electron chi connectivity index (χ4n) is 3.20. The van der Waals surface area contributed by atoms with Crippen molar-refractivity contribution in [2.45, 2.75) is 32.9 Å². The van der Waals surface area contributed by atoms with Crippen LogP contribution in [0, 0.1) is 6.92 Å². The number of aromatic nitrogens is 2. The second-order valence-electron chi connectivity index (χ2n) is 6.96. The average Bonchev–Trinajstić information content (AvgIpc) is 3.15. The van der Waals surface area contributed by atoms with Crippen LogP contribution in [0.4, 0.5) is 8.78 Å². The van der Waals surface area contributed by atoms with Crippen LogP contribution in [0.3, 0.4) is 0 Å². The zero-order chi connectivity index (χ0) is 22.1. The maximum atomic E-state index is 12.6. The first kappa shape index (κ1) is 22.3. The van der Waals surface area contributed by atoms with Crippen LogP contribution in [0.25, 0.3) is 5.69 Å². The molecule has 0 atom stereocenters. The lowest BCUT2D eigenvalue weighted by atomic mass is 10.1. The normalized spacial score (nSPS) is 11.6. The number of hydrogen-bond acceptors (Lipinski definition) is 3. The predicted molar refractivity (Wildman–Crippen MR) is 118 cm³/mol. The van der Waals surface area contributed by atoms with Gasteiger partial charge < -0.3 is 15.4 Å². The Bertz CT molecular complexity index is 989. The summed E-state index contributed by atoms with van der Waals surface area (Å²) < 4.78 is 31.6. The van der Waals surface area contributed by atoms with Gasteiger partial charge in [-0.25, -0.2) is 4.68 Å². The van der Waals surface area contributed by atoms with Crippen molar-refractivity contribution in [1.82, 2.24) is 20.4 Å². The lowest BCUT2D eigenvalue weighted by Gasteiger charge is -2.14. The number of hydrogen-bond donors (Lipinski definition) is 2. The Morgan fingerprint density at radius 2 is 1.81 bits per heavy atom. The van der Waals surface area contributed by atoms with Crippen LogP contribution in [0.5, 0.6) is 5.75 Å². The molecule has 3 rings (SSSR count). The maximum Gasteiger partial charge on any atom is 0.387 e. The molecule has 0 spiro atoms. The first-order valence-electron chi connectivity index (χ1n) is 10.1. The summed E-state index contributed by atoms with van der Waals surface area (Å²) in [5, 5.41) is 11.0. The van der Waals surface area contributed by atoms with E-state index >= 15 is 0 Å². The van der Waals surface area contributed by atoms with E-state index in [1.807, 2.05) is 41.9 Å². The van der Waals surface area contributed by atoms with Crippen LogP contribution in [0.2, 0.25) is 0 Å². The number of para-hydroxylation sites is 2. The zero-order valence-electron chi connectivity index (χ0n) is 17.7. The van der Waals surface area contributed by atoms with E-state index < -0.39 is 6.61 Å². The minimum Gasteiger partial charge on any atom is -0.434 e. The molecule has 0 aliphatic rings. The predicted octanol–water partition coefficient (Wildman–Crippen LogP) is 4.08. The van der Waals surface area contributed by atoms with Gasteiger partial charge in [-0.2, -0.15) is 13.9 Å². The molecule has 3 aromatic rings. The van der Waals surface area contributed by atoms with Gasteiger partial charge in [0.15, 0.2) is 5.96 Å². The van der Waals surface area contributed by atoms with Crippen molar-refractivity contribution in [3.8, 4) is 11.4 Å². The van der Waals surface area contributed by atoms with Gasteiger partial charge in [0.05, 0.1) is 11.4 Å². The Balaban J connectivity index is 1.47. The number of nitrogens with one attached hydrogen (secondary N) is 2. The smallest absolute Gasteiger partial charge is 0.387 e. The van der Waals surface area contributed by atoms with Crippen molar-refractivity contribution in [3.05, 3.63) is 77.6 Å². The molecule has 2 aromatic carbocycles. The molecule has 1 aromatic heterocycles. The standard InChI is InChI=1S/C23H27F2N5O/c1-17-19(16-30(29-17)20-11-4-3-5-12-20)10-8-14-27-23(26-2)28-15-18-9-6-7-13-21(18)31-22(24)25/h3-7,9,11-13,16,22H,8,10,14-15H2,1-2H3,(H2,26,27,28). The van der Waals surface area contributed by atoms with Gasteiger partial charge in [0.2, 0.25) is 0 Å². The monoisotopic (exact) mass is 427 g/mol. The minimum atomic E-state index is -2.85. The van der Waals surface area contributed by atoms with E-state index in [4.69, 9.17) is 0 Å². The van der Waals surface area contributed by atoms with Crippen LogP contribution in [0.15, 0.2) is 65.8 Å². The zero-order valence-corrected chi connectivity index (χ0v) is 17.7. The van der Waals surface area contributed by atoms with Crippen molar-refractivity contribution in [2.24, 2.45) is 4.99 Å². The summed E-state index contributed by atoms with van der Waals surface area (Å²) in [4.78, 5) is 4.19. The van der Waals surface area contributed by atoms with Gasteiger partial charge in [-0.05, 0) is 43.5 Å². The summed E-state index contributed by atoms with van der Waals surface area (Å²) in [6.45, 7) is 0.200. The fourth-order valence-corrected chi connectivity index (χ4v) is 3.20. The van der Waals surface area contributed by atoms with E-state index in [0.717, 1.165) is 24.2 Å². The van der Waals surface area contributed by atoms with E-state index in [9.17, 15) is 8.78 Å². The van der Waals surface area contributed by atoms with Crippen LogP contribution in [-0.4, -0.2) is 35.9 Å². The van der Waals surface area contributed by atoms with E-state index in [-0.39, 0.29) is 5.75 Å². The summed E-state index contributed by atoms with van der Waals surface area (Å²) in [7, 11) is 1.67. The molecule has 0 saturated carbocycles.